The Kier molecular flexibility index (Phi) is 20.6. The summed E-state index contributed by atoms with van der Waals surface area (Å²) in [6.45, 7) is 19.0. The summed E-state index contributed by atoms with van der Waals surface area (Å²) < 4.78 is 9.34. The molecule has 0 radical (unpaired) electrons. The molecule has 128 valence electrons. The Morgan fingerprint density at radius 2 is 0.952 bits per heavy atom. The molecule has 0 aliphatic carbocycles. The molecule has 0 aromatic rings. The van der Waals surface area contributed by atoms with Gasteiger partial charge >= 0.3 is 90.7 Å². The van der Waals surface area contributed by atoms with Crippen LogP contribution >= 0.6 is 0 Å². The van der Waals surface area contributed by atoms with Crippen molar-refractivity contribution in [3.63, 3.8) is 0 Å². The minimum absolute atomic E-state index is 0.148. The molecule has 0 amide bonds. The van der Waals surface area contributed by atoms with Gasteiger partial charge in [0.05, 0.1) is 0 Å². The van der Waals surface area contributed by atoms with Gasteiger partial charge in [-0.2, -0.15) is 27.2 Å². The summed E-state index contributed by atoms with van der Waals surface area (Å²) in [7, 11) is 3.61. The molecule has 0 aromatic carbocycles. The van der Waals surface area contributed by atoms with E-state index in [1.54, 1.807) is 14.1 Å². The van der Waals surface area contributed by atoms with Crippen molar-refractivity contribution < 1.29 is 18.2 Å². The van der Waals surface area contributed by atoms with Gasteiger partial charge < -0.3 is 10.6 Å². The van der Waals surface area contributed by atoms with Gasteiger partial charge in [0, 0.05) is 0 Å². The molecular formula is C16H38MoN4. The summed E-state index contributed by atoms with van der Waals surface area (Å²) in [5.41, 5.74) is 0.297. The summed E-state index contributed by atoms with van der Waals surface area (Å²) in [6.07, 6.45) is 2.22. The standard InChI is InChI=1S/2C5H11N.2C3H8N.Mo/c2*1-4-5(2,3)6;2*1-3-4-2;/h2*4H2,1-3H3;2*3H2,1-2H3;/q;;2*-1;+2. The molecule has 0 rings (SSSR count). The van der Waals surface area contributed by atoms with Gasteiger partial charge in [0.15, 0.2) is 0 Å². The third-order valence-electron chi connectivity index (χ3n) is 2.94. The molecule has 4 nitrogen and oxygen atoms in total. The first-order valence-corrected chi connectivity index (χ1v) is 9.67. The van der Waals surface area contributed by atoms with Crippen molar-refractivity contribution in [2.24, 2.45) is 6.99 Å². The Bertz CT molecular complexity index is 241. The van der Waals surface area contributed by atoms with Crippen LogP contribution in [0.25, 0.3) is 10.6 Å². The van der Waals surface area contributed by atoms with Gasteiger partial charge in [-0.05, 0) is 0 Å². The molecule has 0 atom stereocenters. The van der Waals surface area contributed by atoms with E-state index in [-0.39, 0.29) is 11.1 Å². The fourth-order valence-electron chi connectivity index (χ4n) is 0.371. The normalized spacial score (nSPS) is 10.4. The second kappa shape index (κ2) is 16.6. The van der Waals surface area contributed by atoms with Crippen LogP contribution in [-0.2, 0) is 18.2 Å². The Balaban J connectivity index is -0.000000334. The van der Waals surface area contributed by atoms with Crippen LogP contribution in [0.3, 0.4) is 0 Å². The van der Waals surface area contributed by atoms with Crippen molar-refractivity contribution in [2.75, 3.05) is 27.2 Å². The first kappa shape index (κ1) is 26.1. The van der Waals surface area contributed by atoms with E-state index in [0.717, 1.165) is 25.9 Å². The van der Waals surface area contributed by atoms with Crippen molar-refractivity contribution in [1.29, 1.82) is 0 Å². The van der Waals surface area contributed by atoms with E-state index in [4.69, 9.17) is 0 Å². The molecule has 0 aromatic heterocycles. The average Bonchev–Trinajstić information content (AvgIpc) is 2.47. The van der Waals surface area contributed by atoms with E-state index < -0.39 is 18.2 Å². The quantitative estimate of drug-likeness (QED) is 0.519. The van der Waals surface area contributed by atoms with Crippen molar-refractivity contribution in [2.45, 2.75) is 79.3 Å². The predicted octanol–water partition coefficient (Wildman–Crippen LogP) is 5.83. The van der Waals surface area contributed by atoms with Crippen LogP contribution < -0.4 is 0 Å². The largest absolute Gasteiger partial charge is 0.665 e. The fraction of sp³-hybridized carbons (Fsp3) is 1.00. The predicted molar refractivity (Wildman–Crippen MR) is 93.2 cm³/mol. The minimum atomic E-state index is -0.492. The number of hydrogen-bond donors (Lipinski definition) is 0. The SMILES string of the molecule is CCC(C)(C)[N]=[Mo+2]=[N]C(C)(C)CC.CC[N-]C.CC[N-]C. The van der Waals surface area contributed by atoms with Crippen molar-refractivity contribution in [1.82, 2.24) is 0 Å². The zero-order valence-corrected chi connectivity index (χ0v) is 18.0. The van der Waals surface area contributed by atoms with Crippen molar-refractivity contribution in [3.05, 3.63) is 10.6 Å². The molecule has 0 aliphatic rings. The van der Waals surface area contributed by atoms with E-state index >= 15 is 0 Å². The molecule has 0 spiro atoms. The molecule has 0 bridgehead atoms. The van der Waals surface area contributed by atoms with Crippen LogP contribution in [0.1, 0.15) is 68.2 Å². The first-order chi connectivity index (χ1) is 9.66. The molecule has 0 saturated carbocycles. The van der Waals surface area contributed by atoms with Gasteiger partial charge in [-0.1, -0.05) is 13.8 Å². The van der Waals surface area contributed by atoms with Crippen molar-refractivity contribution in [3.8, 4) is 0 Å². The average molecular weight is 382 g/mol. The maximum Gasteiger partial charge on any atom is -0.0844 e. The molecule has 0 aliphatic heterocycles. The Morgan fingerprint density at radius 3 is 1.10 bits per heavy atom. The van der Waals surface area contributed by atoms with E-state index in [9.17, 15) is 0 Å². The minimum Gasteiger partial charge on any atom is -0.665 e. The zero-order valence-electron chi connectivity index (χ0n) is 16.0. The van der Waals surface area contributed by atoms with E-state index in [1.807, 2.05) is 13.8 Å². The summed E-state index contributed by atoms with van der Waals surface area (Å²) in [5, 5.41) is 7.47. The van der Waals surface area contributed by atoms with E-state index in [2.05, 4.69) is 59.2 Å². The summed E-state index contributed by atoms with van der Waals surface area (Å²) >= 11 is -0.492. The van der Waals surface area contributed by atoms with Crippen LogP contribution in [0, 0.1) is 0 Å². The molecule has 0 fully saturated rings. The molecule has 0 unspecified atom stereocenters. The summed E-state index contributed by atoms with van der Waals surface area (Å²) in [5.74, 6) is 0. The van der Waals surface area contributed by atoms with Gasteiger partial charge in [0.2, 0.25) is 0 Å². The van der Waals surface area contributed by atoms with Crippen LogP contribution in [0.5, 0.6) is 0 Å². The monoisotopic (exact) mass is 384 g/mol. The third kappa shape index (κ3) is 25.5. The molecular weight excluding hydrogens is 344 g/mol. The smallest absolute Gasteiger partial charge is 0.0844 e. The molecule has 5 heteroatoms. The van der Waals surface area contributed by atoms with E-state index in [0.29, 0.717) is 0 Å². The first-order valence-electron chi connectivity index (χ1n) is 7.87. The molecule has 0 saturated heterocycles. The van der Waals surface area contributed by atoms with Gasteiger partial charge in [-0.25, -0.2) is 0 Å². The molecule has 0 N–H and O–H groups in total. The van der Waals surface area contributed by atoms with Crippen LogP contribution in [0.2, 0.25) is 0 Å². The maximum absolute atomic E-state index is 4.67. The topological polar surface area (TPSA) is 52.9 Å². The van der Waals surface area contributed by atoms with E-state index in [1.165, 1.54) is 0 Å². The van der Waals surface area contributed by atoms with Crippen LogP contribution in [0.15, 0.2) is 6.99 Å². The van der Waals surface area contributed by atoms with Gasteiger partial charge in [0.25, 0.3) is 0 Å². The Hall–Kier alpha value is 0.208. The Labute approximate surface area is 142 Å². The number of rotatable bonds is 6. The van der Waals surface area contributed by atoms with Gasteiger partial charge in [0.1, 0.15) is 0 Å². The third-order valence-corrected chi connectivity index (χ3v) is 5.77. The second-order valence-electron chi connectivity index (χ2n) is 5.86. The molecule has 21 heavy (non-hydrogen) atoms. The van der Waals surface area contributed by atoms with Crippen LogP contribution in [0.4, 0.5) is 0 Å². The fourth-order valence-corrected chi connectivity index (χ4v) is 2.19. The second-order valence-corrected chi connectivity index (χ2v) is 7.16. The molecule has 0 heterocycles. The van der Waals surface area contributed by atoms with Crippen LogP contribution in [-0.4, -0.2) is 38.3 Å². The Morgan fingerprint density at radius 1 is 0.714 bits per heavy atom. The summed E-state index contributed by atoms with van der Waals surface area (Å²) in [6, 6.07) is 0. The van der Waals surface area contributed by atoms with Crippen molar-refractivity contribution >= 4 is 0 Å². The summed E-state index contributed by atoms with van der Waals surface area (Å²) in [4.78, 5) is 0. The van der Waals surface area contributed by atoms with Gasteiger partial charge in [-0.3, -0.25) is 0 Å². The van der Waals surface area contributed by atoms with Gasteiger partial charge in [-0.15, -0.1) is 0 Å². The number of hydrogen-bond acceptors (Lipinski definition) is 2. The number of nitrogens with zero attached hydrogens (tertiary/aromatic N) is 4. The maximum atomic E-state index is 4.67. The zero-order chi connectivity index (χ0) is 17.4.